The molecule has 3 rings (SSSR count). The predicted octanol–water partition coefficient (Wildman–Crippen LogP) is 4.31. The van der Waals surface area contributed by atoms with Crippen molar-refractivity contribution in [2.45, 2.75) is 39.5 Å². The molecule has 1 aliphatic rings. The summed E-state index contributed by atoms with van der Waals surface area (Å²) in [6.07, 6.45) is 5.05. The normalized spacial score (nSPS) is 15.0. The first kappa shape index (κ1) is 16.6. The van der Waals surface area contributed by atoms with E-state index in [-0.39, 0.29) is 0 Å². The minimum atomic E-state index is 0.678. The molecule has 5 heteroatoms. The van der Waals surface area contributed by atoms with Crippen molar-refractivity contribution in [3.63, 3.8) is 0 Å². The molecular weight excluding hydrogens is 300 g/mol. The largest absolute Gasteiger partial charge is 0.494 e. The van der Waals surface area contributed by atoms with E-state index in [4.69, 9.17) is 9.72 Å². The average Bonchev–Trinajstić information content (AvgIpc) is 2.86. The van der Waals surface area contributed by atoms with E-state index in [1.165, 1.54) is 25.7 Å². The van der Waals surface area contributed by atoms with Gasteiger partial charge in [-0.2, -0.15) is 4.98 Å². The van der Waals surface area contributed by atoms with Crippen LogP contribution in [0.3, 0.4) is 0 Å². The zero-order valence-electron chi connectivity index (χ0n) is 14.6. The highest BCUT2D eigenvalue weighted by Crippen LogP contribution is 2.22. The SMILES string of the molecule is CCOc1ccc(Nc2cc(C)nc(N3CCCCCC3)n2)cc1. The number of aromatic nitrogens is 2. The fraction of sp³-hybridized carbons (Fsp3) is 0.474. The zero-order valence-corrected chi connectivity index (χ0v) is 14.6. The molecule has 1 aromatic carbocycles. The van der Waals surface area contributed by atoms with E-state index in [0.717, 1.165) is 42.0 Å². The summed E-state index contributed by atoms with van der Waals surface area (Å²) < 4.78 is 5.48. The third-order valence-corrected chi connectivity index (χ3v) is 4.17. The fourth-order valence-corrected chi connectivity index (χ4v) is 2.98. The fourth-order valence-electron chi connectivity index (χ4n) is 2.98. The Kier molecular flexibility index (Phi) is 5.51. The molecule has 1 saturated heterocycles. The quantitative estimate of drug-likeness (QED) is 0.887. The average molecular weight is 326 g/mol. The molecule has 128 valence electrons. The zero-order chi connectivity index (χ0) is 16.8. The van der Waals surface area contributed by atoms with Gasteiger partial charge in [-0.3, -0.25) is 0 Å². The lowest BCUT2D eigenvalue weighted by Gasteiger charge is -2.21. The lowest BCUT2D eigenvalue weighted by atomic mass is 10.2. The second-order valence-corrected chi connectivity index (χ2v) is 6.18. The van der Waals surface area contributed by atoms with Crippen LogP contribution >= 0.6 is 0 Å². The molecule has 0 saturated carbocycles. The van der Waals surface area contributed by atoms with Gasteiger partial charge in [0.15, 0.2) is 0 Å². The summed E-state index contributed by atoms with van der Waals surface area (Å²) in [5.41, 5.74) is 1.98. The van der Waals surface area contributed by atoms with Gasteiger partial charge >= 0.3 is 0 Å². The molecule has 0 unspecified atom stereocenters. The number of rotatable bonds is 5. The van der Waals surface area contributed by atoms with Crippen LogP contribution < -0.4 is 15.0 Å². The van der Waals surface area contributed by atoms with Crippen LogP contribution in [0.2, 0.25) is 0 Å². The Hall–Kier alpha value is -2.30. The molecule has 0 bridgehead atoms. The number of hydrogen-bond donors (Lipinski definition) is 1. The van der Waals surface area contributed by atoms with E-state index in [9.17, 15) is 0 Å². The summed E-state index contributed by atoms with van der Waals surface area (Å²) >= 11 is 0. The van der Waals surface area contributed by atoms with Gasteiger partial charge in [-0.15, -0.1) is 0 Å². The van der Waals surface area contributed by atoms with Crippen molar-refractivity contribution in [2.75, 3.05) is 29.9 Å². The molecule has 5 nitrogen and oxygen atoms in total. The first-order chi connectivity index (χ1) is 11.7. The molecule has 0 amide bonds. The number of hydrogen-bond acceptors (Lipinski definition) is 5. The van der Waals surface area contributed by atoms with Gasteiger partial charge in [-0.05, 0) is 51.0 Å². The Labute approximate surface area is 144 Å². The van der Waals surface area contributed by atoms with Crippen molar-refractivity contribution >= 4 is 17.5 Å². The van der Waals surface area contributed by atoms with Gasteiger partial charge in [0, 0.05) is 30.5 Å². The third-order valence-electron chi connectivity index (χ3n) is 4.17. The highest BCUT2D eigenvalue weighted by molar-refractivity contribution is 5.58. The molecule has 0 radical (unpaired) electrons. The molecule has 2 heterocycles. The number of aryl methyl sites for hydroxylation is 1. The van der Waals surface area contributed by atoms with Gasteiger partial charge in [-0.1, -0.05) is 12.8 Å². The van der Waals surface area contributed by atoms with Crippen LogP contribution in [0.4, 0.5) is 17.5 Å². The Morgan fingerprint density at radius 2 is 1.75 bits per heavy atom. The van der Waals surface area contributed by atoms with Crippen molar-refractivity contribution in [3.8, 4) is 5.75 Å². The van der Waals surface area contributed by atoms with Crippen LogP contribution in [0.25, 0.3) is 0 Å². The minimum absolute atomic E-state index is 0.678. The van der Waals surface area contributed by atoms with Crippen molar-refractivity contribution in [1.29, 1.82) is 0 Å². The van der Waals surface area contributed by atoms with Gasteiger partial charge in [0.1, 0.15) is 11.6 Å². The smallest absolute Gasteiger partial charge is 0.227 e. The van der Waals surface area contributed by atoms with Gasteiger partial charge in [0.25, 0.3) is 0 Å². The summed E-state index contributed by atoms with van der Waals surface area (Å²) in [5, 5.41) is 3.38. The Balaban J connectivity index is 1.75. The summed E-state index contributed by atoms with van der Waals surface area (Å²) in [5.74, 6) is 2.56. The summed E-state index contributed by atoms with van der Waals surface area (Å²) in [6, 6.07) is 9.94. The monoisotopic (exact) mass is 326 g/mol. The van der Waals surface area contributed by atoms with Crippen LogP contribution in [-0.4, -0.2) is 29.7 Å². The van der Waals surface area contributed by atoms with Crippen LogP contribution in [0, 0.1) is 6.92 Å². The predicted molar refractivity (Wildman–Crippen MR) is 98.3 cm³/mol. The van der Waals surface area contributed by atoms with Gasteiger partial charge in [-0.25, -0.2) is 4.98 Å². The molecule has 2 aromatic rings. The van der Waals surface area contributed by atoms with E-state index in [0.29, 0.717) is 6.61 Å². The van der Waals surface area contributed by atoms with Crippen molar-refractivity contribution in [3.05, 3.63) is 36.0 Å². The highest BCUT2D eigenvalue weighted by Gasteiger charge is 2.13. The standard InChI is InChI=1S/C19H26N4O/c1-3-24-17-10-8-16(9-11-17)21-18-14-15(2)20-19(22-18)23-12-6-4-5-7-13-23/h8-11,14H,3-7,12-13H2,1-2H3,(H,20,21,22). The Morgan fingerprint density at radius 1 is 1.04 bits per heavy atom. The lowest BCUT2D eigenvalue weighted by Crippen LogP contribution is -2.26. The molecule has 0 aliphatic carbocycles. The number of nitrogens with one attached hydrogen (secondary N) is 1. The maximum Gasteiger partial charge on any atom is 0.227 e. The van der Waals surface area contributed by atoms with E-state index in [1.807, 2.05) is 44.2 Å². The topological polar surface area (TPSA) is 50.3 Å². The van der Waals surface area contributed by atoms with E-state index in [2.05, 4.69) is 15.2 Å². The number of ether oxygens (including phenoxy) is 1. The molecule has 0 atom stereocenters. The van der Waals surface area contributed by atoms with Crippen LogP contribution in [-0.2, 0) is 0 Å². The summed E-state index contributed by atoms with van der Waals surface area (Å²) in [4.78, 5) is 11.7. The van der Waals surface area contributed by atoms with E-state index >= 15 is 0 Å². The number of nitrogens with zero attached hydrogens (tertiary/aromatic N) is 3. The minimum Gasteiger partial charge on any atom is -0.494 e. The van der Waals surface area contributed by atoms with Crippen molar-refractivity contribution in [2.24, 2.45) is 0 Å². The molecule has 1 aromatic heterocycles. The Morgan fingerprint density at radius 3 is 2.42 bits per heavy atom. The maximum absolute atomic E-state index is 5.48. The van der Waals surface area contributed by atoms with Crippen LogP contribution in [0.5, 0.6) is 5.75 Å². The third kappa shape index (κ3) is 4.37. The maximum atomic E-state index is 5.48. The molecule has 24 heavy (non-hydrogen) atoms. The molecule has 0 spiro atoms. The summed E-state index contributed by atoms with van der Waals surface area (Å²) in [7, 11) is 0. The molecule has 1 aliphatic heterocycles. The van der Waals surface area contributed by atoms with Crippen LogP contribution in [0.1, 0.15) is 38.3 Å². The van der Waals surface area contributed by atoms with Crippen molar-refractivity contribution < 1.29 is 4.74 Å². The first-order valence-electron chi connectivity index (χ1n) is 8.85. The second-order valence-electron chi connectivity index (χ2n) is 6.18. The van der Waals surface area contributed by atoms with Gasteiger partial charge in [0.05, 0.1) is 6.61 Å². The van der Waals surface area contributed by atoms with Gasteiger partial charge < -0.3 is 15.0 Å². The number of benzene rings is 1. The number of anilines is 3. The lowest BCUT2D eigenvalue weighted by molar-refractivity contribution is 0.340. The van der Waals surface area contributed by atoms with Crippen molar-refractivity contribution in [1.82, 2.24) is 9.97 Å². The van der Waals surface area contributed by atoms with Gasteiger partial charge in [0.2, 0.25) is 5.95 Å². The molecule has 1 N–H and O–H groups in total. The summed E-state index contributed by atoms with van der Waals surface area (Å²) in [6.45, 7) is 6.78. The molecular formula is C19H26N4O. The van der Waals surface area contributed by atoms with E-state index in [1.54, 1.807) is 0 Å². The molecule has 1 fully saturated rings. The highest BCUT2D eigenvalue weighted by atomic mass is 16.5. The van der Waals surface area contributed by atoms with Crippen LogP contribution in [0.15, 0.2) is 30.3 Å². The van der Waals surface area contributed by atoms with E-state index < -0.39 is 0 Å². The Bertz CT molecular complexity index is 649. The second kappa shape index (κ2) is 7.99. The first-order valence-corrected chi connectivity index (χ1v) is 8.85.